The third-order valence-corrected chi connectivity index (χ3v) is 3.62. The summed E-state index contributed by atoms with van der Waals surface area (Å²) in [5.41, 5.74) is 0. The highest BCUT2D eigenvalue weighted by atomic mass is 16.5. The van der Waals surface area contributed by atoms with E-state index < -0.39 is 11.9 Å². The lowest BCUT2D eigenvalue weighted by Crippen LogP contribution is -2.32. The van der Waals surface area contributed by atoms with E-state index in [0.717, 1.165) is 12.8 Å². The molecule has 0 aromatic rings. The molecule has 1 fully saturated rings. The molecule has 0 saturated heterocycles. The first-order valence-corrected chi connectivity index (χ1v) is 6.97. The van der Waals surface area contributed by atoms with Gasteiger partial charge < -0.3 is 9.84 Å². The van der Waals surface area contributed by atoms with Crippen molar-refractivity contribution in [2.24, 2.45) is 11.8 Å². The molecule has 1 aliphatic rings. The van der Waals surface area contributed by atoms with Crippen LogP contribution < -0.4 is 0 Å². The first kappa shape index (κ1) is 15.7. The Hall–Kier alpha value is -1.39. The van der Waals surface area contributed by atoms with E-state index in [1.807, 2.05) is 0 Å². The molecule has 0 aromatic heterocycles. The third-order valence-electron chi connectivity index (χ3n) is 3.62. The second kappa shape index (κ2) is 7.92. The summed E-state index contributed by atoms with van der Waals surface area (Å²) >= 11 is 0. The molecule has 5 nitrogen and oxygen atoms in total. The van der Waals surface area contributed by atoms with E-state index in [1.165, 1.54) is 0 Å². The van der Waals surface area contributed by atoms with Crippen LogP contribution in [0, 0.1) is 11.8 Å². The first-order chi connectivity index (χ1) is 9.06. The Kier molecular flexibility index (Phi) is 6.53. The van der Waals surface area contributed by atoms with Crippen LogP contribution in [0.1, 0.15) is 51.9 Å². The van der Waals surface area contributed by atoms with E-state index in [2.05, 4.69) is 0 Å². The van der Waals surface area contributed by atoms with Crippen molar-refractivity contribution in [1.29, 1.82) is 0 Å². The normalized spacial score (nSPS) is 22.8. The lowest BCUT2D eigenvalue weighted by atomic mass is 9.76. The second-order valence-corrected chi connectivity index (χ2v) is 4.98. The van der Waals surface area contributed by atoms with Gasteiger partial charge in [-0.05, 0) is 19.3 Å². The zero-order chi connectivity index (χ0) is 14.3. The molecule has 1 aliphatic carbocycles. The molecule has 2 atom stereocenters. The van der Waals surface area contributed by atoms with Gasteiger partial charge in [-0.1, -0.05) is 19.8 Å². The van der Waals surface area contributed by atoms with Crippen LogP contribution >= 0.6 is 0 Å². The van der Waals surface area contributed by atoms with E-state index in [1.54, 1.807) is 6.92 Å². The van der Waals surface area contributed by atoms with Gasteiger partial charge >= 0.3 is 11.9 Å². The number of hydrogen-bond acceptors (Lipinski definition) is 4. The van der Waals surface area contributed by atoms with Crippen LogP contribution in [0.2, 0.25) is 0 Å². The standard InChI is InChI=1S/C14H22O5/c1-2-13(16)19-9-5-8-12(15)10-6-3-4-7-11(10)14(17)18/h10-11H,2-9H2,1H3,(H,17,18). The second-order valence-electron chi connectivity index (χ2n) is 4.98. The van der Waals surface area contributed by atoms with Crippen LogP contribution in [0.4, 0.5) is 0 Å². The quantitative estimate of drug-likeness (QED) is 0.566. The van der Waals surface area contributed by atoms with Crippen molar-refractivity contribution in [3.63, 3.8) is 0 Å². The number of hydrogen-bond donors (Lipinski definition) is 1. The van der Waals surface area contributed by atoms with Crippen molar-refractivity contribution in [3.8, 4) is 0 Å². The zero-order valence-corrected chi connectivity index (χ0v) is 11.4. The van der Waals surface area contributed by atoms with Gasteiger partial charge in [-0.3, -0.25) is 14.4 Å². The average Bonchev–Trinajstić information content (AvgIpc) is 2.42. The monoisotopic (exact) mass is 270 g/mol. The number of carbonyl (C=O) groups is 3. The number of ketones is 1. The van der Waals surface area contributed by atoms with Crippen molar-refractivity contribution in [1.82, 2.24) is 0 Å². The number of Topliss-reactive ketones (excluding diaryl/α,β-unsaturated/α-hetero) is 1. The third kappa shape index (κ3) is 5.01. The summed E-state index contributed by atoms with van der Waals surface area (Å²) in [4.78, 5) is 34.0. The number of aliphatic carboxylic acids is 1. The van der Waals surface area contributed by atoms with E-state index in [9.17, 15) is 14.4 Å². The molecule has 19 heavy (non-hydrogen) atoms. The fraction of sp³-hybridized carbons (Fsp3) is 0.786. The Bertz CT molecular complexity index is 337. The summed E-state index contributed by atoms with van der Waals surface area (Å²) in [5, 5.41) is 9.11. The van der Waals surface area contributed by atoms with E-state index in [4.69, 9.17) is 9.84 Å². The van der Waals surface area contributed by atoms with Gasteiger partial charge in [-0.25, -0.2) is 0 Å². The SMILES string of the molecule is CCC(=O)OCCCC(=O)C1CCCCC1C(=O)O. The maximum Gasteiger partial charge on any atom is 0.307 e. The molecule has 0 amide bonds. The highest BCUT2D eigenvalue weighted by Crippen LogP contribution is 2.31. The van der Waals surface area contributed by atoms with E-state index in [0.29, 0.717) is 32.1 Å². The minimum Gasteiger partial charge on any atom is -0.481 e. The highest BCUT2D eigenvalue weighted by Gasteiger charge is 2.34. The van der Waals surface area contributed by atoms with Crippen LogP contribution in [0.5, 0.6) is 0 Å². The van der Waals surface area contributed by atoms with Crippen molar-refractivity contribution < 1.29 is 24.2 Å². The molecule has 108 valence electrons. The summed E-state index contributed by atoms with van der Waals surface area (Å²) in [6, 6.07) is 0. The predicted molar refractivity (Wildman–Crippen MR) is 68.6 cm³/mol. The zero-order valence-electron chi connectivity index (χ0n) is 11.4. The van der Waals surface area contributed by atoms with Gasteiger partial charge in [0.25, 0.3) is 0 Å². The number of carboxylic acid groups (broad SMARTS) is 1. The predicted octanol–water partition coefficient (Wildman–Crippen LogP) is 2.18. The number of ether oxygens (including phenoxy) is 1. The van der Waals surface area contributed by atoms with Crippen LogP contribution in [-0.4, -0.2) is 29.4 Å². The van der Waals surface area contributed by atoms with Crippen LogP contribution in [0.25, 0.3) is 0 Å². The van der Waals surface area contributed by atoms with Crippen LogP contribution in [-0.2, 0) is 19.1 Å². The van der Waals surface area contributed by atoms with Gasteiger partial charge in [0.05, 0.1) is 12.5 Å². The average molecular weight is 270 g/mol. The number of carboxylic acids is 1. The molecular formula is C14H22O5. The van der Waals surface area contributed by atoms with Crippen molar-refractivity contribution >= 4 is 17.7 Å². The molecule has 0 aliphatic heterocycles. The van der Waals surface area contributed by atoms with E-state index >= 15 is 0 Å². The Morgan fingerprint density at radius 3 is 2.37 bits per heavy atom. The molecule has 1 saturated carbocycles. The smallest absolute Gasteiger partial charge is 0.307 e. The van der Waals surface area contributed by atoms with Crippen molar-refractivity contribution in [3.05, 3.63) is 0 Å². The van der Waals surface area contributed by atoms with Gasteiger partial charge in [0.15, 0.2) is 0 Å². The fourth-order valence-electron chi connectivity index (χ4n) is 2.53. The number of carbonyl (C=O) groups excluding carboxylic acids is 2. The minimum absolute atomic E-state index is 0.000326. The molecular weight excluding hydrogens is 248 g/mol. The van der Waals surface area contributed by atoms with Gasteiger partial charge in [-0.2, -0.15) is 0 Å². The number of rotatable bonds is 7. The van der Waals surface area contributed by atoms with Crippen LogP contribution in [0.15, 0.2) is 0 Å². The van der Waals surface area contributed by atoms with Gasteiger partial charge in [0.2, 0.25) is 0 Å². The molecule has 1 N–H and O–H groups in total. The number of esters is 1. The van der Waals surface area contributed by atoms with Crippen molar-refractivity contribution in [2.45, 2.75) is 51.9 Å². The molecule has 1 rings (SSSR count). The lowest BCUT2D eigenvalue weighted by molar-refractivity contribution is -0.148. The van der Waals surface area contributed by atoms with Gasteiger partial charge in [0.1, 0.15) is 5.78 Å². The Morgan fingerprint density at radius 1 is 1.16 bits per heavy atom. The molecule has 0 bridgehead atoms. The molecule has 0 heterocycles. The molecule has 5 heteroatoms. The molecule has 0 spiro atoms. The Labute approximate surface area is 113 Å². The molecule has 0 radical (unpaired) electrons. The minimum atomic E-state index is -0.865. The largest absolute Gasteiger partial charge is 0.481 e. The summed E-state index contributed by atoms with van der Waals surface area (Å²) in [6.45, 7) is 1.95. The maximum atomic E-state index is 12.0. The lowest BCUT2D eigenvalue weighted by Gasteiger charge is -2.27. The summed E-state index contributed by atoms with van der Waals surface area (Å²) in [7, 11) is 0. The van der Waals surface area contributed by atoms with Crippen molar-refractivity contribution in [2.75, 3.05) is 6.61 Å². The van der Waals surface area contributed by atoms with Gasteiger partial charge in [0, 0.05) is 18.8 Å². The fourth-order valence-corrected chi connectivity index (χ4v) is 2.53. The van der Waals surface area contributed by atoms with Crippen LogP contribution in [0.3, 0.4) is 0 Å². The van der Waals surface area contributed by atoms with Gasteiger partial charge in [-0.15, -0.1) is 0 Å². The van der Waals surface area contributed by atoms with E-state index in [-0.39, 0.29) is 24.3 Å². The summed E-state index contributed by atoms with van der Waals surface area (Å²) in [6.07, 6.45) is 4.18. The Balaban J connectivity index is 2.34. The topological polar surface area (TPSA) is 80.7 Å². The Morgan fingerprint density at radius 2 is 1.79 bits per heavy atom. The first-order valence-electron chi connectivity index (χ1n) is 6.97. The summed E-state index contributed by atoms with van der Waals surface area (Å²) < 4.78 is 4.90. The summed E-state index contributed by atoms with van der Waals surface area (Å²) in [5.74, 6) is -2.02. The maximum absolute atomic E-state index is 12.0. The molecule has 0 aromatic carbocycles. The molecule has 2 unspecified atom stereocenters. The highest BCUT2D eigenvalue weighted by molar-refractivity contribution is 5.86.